The number of anilines is 1. The number of nitrogens with zero attached hydrogens (tertiary/aromatic N) is 1. The maximum absolute atomic E-state index is 11.4. The summed E-state index contributed by atoms with van der Waals surface area (Å²) in [5.74, 6) is 2.18. The zero-order chi connectivity index (χ0) is 22.8. The number of nitrogens with one attached hydrogen (secondary N) is 1. The highest BCUT2D eigenvalue weighted by Gasteiger charge is 2.16. The van der Waals surface area contributed by atoms with E-state index in [1.165, 1.54) is 12.1 Å². The van der Waals surface area contributed by atoms with Crippen LogP contribution in [-0.4, -0.2) is 33.2 Å². The van der Waals surface area contributed by atoms with E-state index in [-0.39, 0.29) is 4.90 Å². The van der Waals surface area contributed by atoms with Gasteiger partial charge in [-0.2, -0.15) is 0 Å². The summed E-state index contributed by atoms with van der Waals surface area (Å²) in [5, 5.41) is 9.56. The molecule has 0 bridgehead atoms. The molecule has 3 aromatic carbocycles. The lowest BCUT2D eigenvalue weighted by Crippen LogP contribution is -2.15. The number of fused-ring (bicyclic) bond motifs is 2. The number of hydrogen-bond acceptors (Lipinski definition) is 6. The molecular weight excluding hydrogens is 438 g/mol. The average molecular weight is 462 g/mol. The number of nitrogens with two attached hydrogens (primary N) is 1. The van der Waals surface area contributed by atoms with Gasteiger partial charge >= 0.3 is 0 Å². The highest BCUT2D eigenvalue weighted by Crippen LogP contribution is 2.38. The lowest BCUT2D eigenvalue weighted by Gasteiger charge is -2.20. The van der Waals surface area contributed by atoms with Crippen LogP contribution < -0.4 is 19.9 Å². The van der Waals surface area contributed by atoms with Gasteiger partial charge in [-0.15, -0.1) is 0 Å². The predicted molar refractivity (Wildman–Crippen MR) is 128 cm³/mol. The third-order valence-electron chi connectivity index (χ3n) is 5.53. The van der Waals surface area contributed by atoms with Crippen molar-refractivity contribution in [1.29, 1.82) is 0 Å². The Kier molecular flexibility index (Phi) is 5.62. The molecule has 1 aliphatic heterocycles. The summed E-state index contributed by atoms with van der Waals surface area (Å²) in [6, 6.07) is 22.7. The van der Waals surface area contributed by atoms with Crippen molar-refractivity contribution in [2.75, 3.05) is 25.1 Å². The van der Waals surface area contributed by atoms with Crippen molar-refractivity contribution in [1.82, 2.24) is 4.98 Å². The Morgan fingerprint density at radius 3 is 2.30 bits per heavy atom. The minimum atomic E-state index is -3.69. The molecule has 7 nitrogen and oxygen atoms in total. The molecule has 0 saturated heterocycles. The Balaban J connectivity index is 1.43. The fraction of sp³-hybridized carbons (Fsp3) is 0.160. The van der Waals surface area contributed by atoms with Crippen LogP contribution in [0.4, 0.5) is 5.82 Å². The summed E-state index contributed by atoms with van der Waals surface area (Å²) >= 11 is 0. The van der Waals surface area contributed by atoms with Crippen molar-refractivity contribution >= 4 is 26.7 Å². The van der Waals surface area contributed by atoms with Crippen LogP contribution in [0.1, 0.15) is 5.56 Å². The van der Waals surface area contributed by atoms with E-state index in [0.717, 1.165) is 39.2 Å². The van der Waals surface area contributed by atoms with Gasteiger partial charge in [0.05, 0.1) is 10.4 Å². The smallest absolute Gasteiger partial charge is 0.238 e. The molecule has 4 aromatic rings. The van der Waals surface area contributed by atoms with Gasteiger partial charge in [-0.1, -0.05) is 42.5 Å². The summed E-state index contributed by atoms with van der Waals surface area (Å²) in [5.41, 5.74) is 3.96. The molecule has 8 heteroatoms. The van der Waals surface area contributed by atoms with Crippen molar-refractivity contribution in [2.45, 2.75) is 11.3 Å². The Bertz CT molecular complexity index is 1410. The van der Waals surface area contributed by atoms with Gasteiger partial charge in [0.25, 0.3) is 0 Å². The van der Waals surface area contributed by atoms with Gasteiger partial charge in [-0.3, -0.25) is 0 Å². The summed E-state index contributed by atoms with van der Waals surface area (Å²) < 4.78 is 34.4. The molecule has 0 atom stereocenters. The monoisotopic (exact) mass is 461 g/mol. The molecule has 0 aliphatic carbocycles. The van der Waals surface area contributed by atoms with Crippen LogP contribution >= 0.6 is 0 Å². The Morgan fingerprint density at radius 1 is 0.909 bits per heavy atom. The number of sulfonamides is 1. The third kappa shape index (κ3) is 4.62. The molecule has 0 radical (unpaired) electrons. The van der Waals surface area contributed by atoms with Crippen molar-refractivity contribution < 1.29 is 17.9 Å². The Hall–Kier alpha value is -3.62. The SMILES string of the molecule is NS(=O)(=O)c1ccc(CCNc2cc(-c3ccccc3)c3cc4c(cc3n2)OCCO4)cc1. The second-order valence-corrected chi connectivity index (χ2v) is 9.36. The number of pyridine rings is 1. The first-order valence-corrected chi connectivity index (χ1v) is 12.2. The van der Waals surface area contributed by atoms with E-state index in [0.29, 0.717) is 31.9 Å². The van der Waals surface area contributed by atoms with Gasteiger partial charge in [0.1, 0.15) is 19.0 Å². The zero-order valence-electron chi connectivity index (χ0n) is 17.8. The van der Waals surface area contributed by atoms with E-state index in [4.69, 9.17) is 19.6 Å². The van der Waals surface area contributed by atoms with E-state index in [9.17, 15) is 8.42 Å². The van der Waals surface area contributed by atoms with Crippen LogP contribution in [0.3, 0.4) is 0 Å². The lowest BCUT2D eigenvalue weighted by atomic mass is 10.0. The lowest BCUT2D eigenvalue weighted by molar-refractivity contribution is 0.172. The van der Waals surface area contributed by atoms with Crippen LogP contribution in [0.2, 0.25) is 0 Å². The summed E-state index contributed by atoms with van der Waals surface area (Å²) in [6.45, 7) is 1.68. The van der Waals surface area contributed by atoms with Gasteiger partial charge < -0.3 is 14.8 Å². The largest absolute Gasteiger partial charge is 0.486 e. The maximum atomic E-state index is 11.4. The topological polar surface area (TPSA) is 104 Å². The van der Waals surface area contributed by atoms with E-state index in [1.54, 1.807) is 12.1 Å². The number of primary sulfonamides is 1. The van der Waals surface area contributed by atoms with Crippen LogP contribution in [0, 0.1) is 0 Å². The van der Waals surface area contributed by atoms with Gasteiger partial charge in [0.2, 0.25) is 10.0 Å². The van der Waals surface area contributed by atoms with Gasteiger partial charge in [0, 0.05) is 18.0 Å². The van der Waals surface area contributed by atoms with Crippen LogP contribution in [0.5, 0.6) is 11.5 Å². The molecule has 1 aromatic heterocycles. The molecule has 0 amide bonds. The Morgan fingerprint density at radius 2 is 1.61 bits per heavy atom. The first kappa shape index (κ1) is 21.2. The molecule has 0 saturated carbocycles. The van der Waals surface area contributed by atoms with Crippen molar-refractivity contribution in [3.8, 4) is 22.6 Å². The molecule has 1 aliphatic rings. The second kappa shape index (κ2) is 8.73. The summed E-state index contributed by atoms with van der Waals surface area (Å²) in [6.07, 6.45) is 0.701. The summed E-state index contributed by atoms with van der Waals surface area (Å²) in [4.78, 5) is 4.91. The molecular formula is C25H23N3O4S. The fourth-order valence-corrected chi connectivity index (χ4v) is 4.41. The fourth-order valence-electron chi connectivity index (χ4n) is 3.89. The van der Waals surface area contributed by atoms with E-state index in [1.807, 2.05) is 36.4 Å². The number of benzene rings is 3. The van der Waals surface area contributed by atoms with E-state index < -0.39 is 10.0 Å². The molecule has 0 unspecified atom stereocenters. The molecule has 5 rings (SSSR count). The highest BCUT2D eigenvalue weighted by atomic mass is 32.2. The molecule has 168 valence electrons. The van der Waals surface area contributed by atoms with Crippen molar-refractivity contribution in [3.63, 3.8) is 0 Å². The molecule has 33 heavy (non-hydrogen) atoms. The van der Waals surface area contributed by atoms with Gasteiger partial charge in [-0.25, -0.2) is 18.5 Å². The minimum Gasteiger partial charge on any atom is -0.486 e. The first-order valence-electron chi connectivity index (χ1n) is 10.6. The molecule has 3 N–H and O–H groups in total. The first-order chi connectivity index (χ1) is 16.0. The number of hydrogen-bond donors (Lipinski definition) is 2. The quantitative estimate of drug-likeness (QED) is 0.450. The molecule has 2 heterocycles. The van der Waals surface area contributed by atoms with E-state index >= 15 is 0 Å². The normalized spacial score (nSPS) is 13.1. The van der Waals surface area contributed by atoms with Crippen LogP contribution in [-0.2, 0) is 16.4 Å². The predicted octanol–water partition coefficient (Wildman–Crippen LogP) is 3.98. The van der Waals surface area contributed by atoms with Crippen LogP contribution in [0.15, 0.2) is 77.7 Å². The van der Waals surface area contributed by atoms with E-state index in [2.05, 4.69) is 17.4 Å². The van der Waals surface area contributed by atoms with Crippen molar-refractivity contribution in [2.24, 2.45) is 5.14 Å². The maximum Gasteiger partial charge on any atom is 0.238 e. The van der Waals surface area contributed by atoms with Gasteiger partial charge in [-0.05, 0) is 47.4 Å². The third-order valence-corrected chi connectivity index (χ3v) is 6.46. The Labute approximate surface area is 192 Å². The number of aromatic nitrogens is 1. The minimum absolute atomic E-state index is 0.109. The molecule has 0 fully saturated rings. The standard InChI is InChI=1S/C25H23N3O4S/c26-33(29,30)19-8-6-17(7-9-19)10-11-27-25-15-20(18-4-2-1-3-5-18)21-14-23-24(16-22(21)28-25)32-13-12-31-23/h1-9,14-16H,10-13H2,(H,27,28)(H2,26,29,30). The summed E-state index contributed by atoms with van der Waals surface area (Å²) in [7, 11) is -3.69. The highest BCUT2D eigenvalue weighted by molar-refractivity contribution is 7.89. The molecule has 0 spiro atoms. The average Bonchev–Trinajstić information content (AvgIpc) is 2.82. The van der Waals surface area contributed by atoms with Crippen molar-refractivity contribution in [3.05, 3.63) is 78.4 Å². The number of ether oxygens (including phenoxy) is 2. The van der Waals surface area contributed by atoms with Crippen LogP contribution in [0.25, 0.3) is 22.0 Å². The van der Waals surface area contributed by atoms with Gasteiger partial charge in [0.15, 0.2) is 11.5 Å². The zero-order valence-corrected chi connectivity index (χ0v) is 18.6. The second-order valence-electron chi connectivity index (χ2n) is 7.80. The number of rotatable bonds is 6.